The summed E-state index contributed by atoms with van der Waals surface area (Å²) >= 11 is 0. The number of anilines is 3. The Balaban J connectivity index is 1.54. The average Bonchev–Trinajstić information content (AvgIpc) is 2.80. The molecule has 0 amide bonds. The summed E-state index contributed by atoms with van der Waals surface area (Å²) in [7, 11) is 0. The number of aromatic nitrogens is 3. The van der Waals surface area contributed by atoms with Gasteiger partial charge in [0, 0.05) is 43.9 Å². The third-order valence-corrected chi connectivity index (χ3v) is 4.66. The molecule has 2 saturated heterocycles. The standard InChI is InChI=1S/C18H22N8O4/c27-26(28)15-3-1-2-14(12-15)13-19-23-16-20-17(24-4-8-29-9-5-24)22-18(21-16)25-6-10-30-11-7-25/h1-3,12-13H,4-11H2,(H,20,21,22,23)/b19-13-. The molecule has 12 nitrogen and oxygen atoms in total. The molecule has 0 spiro atoms. The molecule has 0 saturated carbocycles. The highest BCUT2D eigenvalue weighted by molar-refractivity contribution is 5.81. The molecule has 0 radical (unpaired) electrons. The molecule has 2 aromatic rings. The molecule has 158 valence electrons. The number of nitro groups is 1. The zero-order valence-electron chi connectivity index (χ0n) is 16.3. The second-order valence-electron chi connectivity index (χ2n) is 6.68. The lowest BCUT2D eigenvalue weighted by atomic mass is 10.2. The third kappa shape index (κ3) is 4.96. The molecule has 3 heterocycles. The number of non-ortho nitro benzene ring substituents is 1. The van der Waals surface area contributed by atoms with Crippen LogP contribution in [0.5, 0.6) is 0 Å². The predicted molar refractivity (Wildman–Crippen MR) is 110 cm³/mol. The van der Waals surface area contributed by atoms with Crippen molar-refractivity contribution >= 4 is 29.7 Å². The molecule has 2 aliphatic heterocycles. The van der Waals surface area contributed by atoms with E-state index in [0.29, 0.717) is 76.0 Å². The summed E-state index contributed by atoms with van der Waals surface area (Å²) in [6.07, 6.45) is 1.49. The van der Waals surface area contributed by atoms with Crippen LogP contribution in [0.25, 0.3) is 0 Å². The first-order chi connectivity index (χ1) is 14.7. The van der Waals surface area contributed by atoms with Crippen LogP contribution < -0.4 is 15.2 Å². The van der Waals surface area contributed by atoms with Crippen LogP contribution in [-0.4, -0.2) is 78.7 Å². The van der Waals surface area contributed by atoms with Crippen molar-refractivity contribution < 1.29 is 14.4 Å². The molecule has 2 fully saturated rings. The van der Waals surface area contributed by atoms with Gasteiger partial charge in [-0.2, -0.15) is 20.1 Å². The average molecular weight is 414 g/mol. The number of ether oxygens (including phenoxy) is 2. The molecule has 1 aromatic carbocycles. The molecule has 4 rings (SSSR count). The van der Waals surface area contributed by atoms with Gasteiger partial charge in [-0.25, -0.2) is 5.43 Å². The van der Waals surface area contributed by atoms with Crippen LogP contribution in [0.4, 0.5) is 23.5 Å². The summed E-state index contributed by atoms with van der Waals surface area (Å²) < 4.78 is 10.8. The van der Waals surface area contributed by atoms with Gasteiger partial charge in [0.2, 0.25) is 17.8 Å². The van der Waals surface area contributed by atoms with E-state index in [1.807, 2.05) is 9.80 Å². The van der Waals surface area contributed by atoms with Gasteiger partial charge in [-0.05, 0) is 0 Å². The quantitative estimate of drug-likeness (QED) is 0.413. The van der Waals surface area contributed by atoms with Crippen molar-refractivity contribution in [1.29, 1.82) is 0 Å². The first kappa shape index (κ1) is 19.9. The minimum Gasteiger partial charge on any atom is -0.378 e. The summed E-state index contributed by atoms with van der Waals surface area (Å²) in [5, 5.41) is 15.1. The maximum absolute atomic E-state index is 10.9. The van der Waals surface area contributed by atoms with E-state index in [-0.39, 0.29) is 5.69 Å². The topological polar surface area (TPSA) is 131 Å². The molecule has 30 heavy (non-hydrogen) atoms. The Morgan fingerprint density at radius 1 is 1.00 bits per heavy atom. The van der Waals surface area contributed by atoms with Gasteiger partial charge in [-0.15, -0.1) is 0 Å². The normalized spacial score (nSPS) is 17.3. The molecule has 0 aliphatic carbocycles. The van der Waals surface area contributed by atoms with Crippen LogP contribution in [0.2, 0.25) is 0 Å². The predicted octanol–water partition coefficient (Wildman–Crippen LogP) is 0.899. The maximum Gasteiger partial charge on any atom is 0.270 e. The van der Waals surface area contributed by atoms with Crippen molar-refractivity contribution in [2.75, 3.05) is 67.8 Å². The van der Waals surface area contributed by atoms with Crippen LogP contribution in [0, 0.1) is 10.1 Å². The van der Waals surface area contributed by atoms with E-state index in [4.69, 9.17) is 9.47 Å². The van der Waals surface area contributed by atoms with Gasteiger partial charge in [0.1, 0.15) is 0 Å². The first-order valence-corrected chi connectivity index (χ1v) is 9.64. The summed E-state index contributed by atoms with van der Waals surface area (Å²) in [5.74, 6) is 1.42. The van der Waals surface area contributed by atoms with Crippen molar-refractivity contribution in [3.63, 3.8) is 0 Å². The van der Waals surface area contributed by atoms with E-state index in [2.05, 4.69) is 25.5 Å². The first-order valence-electron chi connectivity index (χ1n) is 9.64. The number of hydrazone groups is 1. The van der Waals surface area contributed by atoms with Gasteiger partial charge in [0.25, 0.3) is 5.69 Å². The van der Waals surface area contributed by atoms with Gasteiger partial charge in [-0.3, -0.25) is 10.1 Å². The number of morpholine rings is 2. The van der Waals surface area contributed by atoms with Gasteiger partial charge < -0.3 is 19.3 Å². The molecule has 1 aromatic heterocycles. The van der Waals surface area contributed by atoms with Crippen molar-refractivity contribution in [3.8, 4) is 0 Å². The number of rotatable bonds is 6. The highest BCUT2D eigenvalue weighted by atomic mass is 16.6. The lowest BCUT2D eigenvalue weighted by Crippen LogP contribution is -2.40. The van der Waals surface area contributed by atoms with Crippen LogP contribution in [0.3, 0.4) is 0 Å². The lowest BCUT2D eigenvalue weighted by Gasteiger charge is -2.30. The molecule has 0 atom stereocenters. The Morgan fingerprint density at radius 3 is 2.17 bits per heavy atom. The number of nitrogens with one attached hydrogen (secondary N) is 1. The van der Waals surface area contributed by atoms with E-state index >= 15 is 0 Å². The second-order valence-corrected chi connectivity index (χ2v) is 6.68. The summed E-state index contributed by atoms with van der Waals surface area (Å²) in [6, 6.07) is 6.20. The molecule has 0 bridgehead atoms. The number of hydrogen-bond acceptors (Lipinski definition) is 11. The number of nitro benzene ring substituents is 1. The van der Waals surface area contributed by atoms with Crippen molar-refractivity contribution in [2.45, 2.75) is 0 Å². The molecule has 2 aliphatic rings. The largest absolute Gasteiger partial charge is 0.378 e. The van der Waals surface area contributed by atoms with Crippen LogP contribution in [0.15, 0.2) is 29.4 Å². The Kier molecular flexibility index (Phi) is 6.25. The third-order valence-electron chi connectivity index (χ3n) is 4.66. The Morgan fingerprint density at radius 2 is 1.60 bits per heavy atom. The van der Waals surface area contributed by atoms with Gasteiger partial charge in [0.15, 0.2) is 0 Å². The van der Waals surface area contributed by atoms with Gasteiger partial charge >= 0.3 is 0 Å². The van der Waals surface area contributed by atoms with E-state index < -0.39 is 4.92 Å². The monoisotopic (exact) mass is 414 g/mol. The summed E-state index contributed by atoms with van der Waals surface area (Å²) in [6.45, 7) is 5.26. The van der Waals surface area contributed by atoms with E-state index in [9.17, 15) is 10.1 Å². The number of benzene rings is 1. The van der Waals surface area contributed by atoms with Crippen LogP contribution in [0.1, 0.15) is 5.56 Å². The Hall–Kier alpha value is -3.38. The van der Waals surface area contributed by atoms with Crippen molar-refractivity contribution in [2.24, 2.45) is 5.10 Å². The van der Waals surface area contributed by atoms with Crippen molar-refractivity contribution in [3.05, 3.63) is 39.9 Å². The Labute approximate surface area is 172 Å². The maximum atomic E-state index is 10.9. The summed E-state index contributed by atoms with van der Waals surface area (Å²) in [5.41, 5.74) is 3.42. The van der Waals surface area contributed by atoms with Gasteiger partial charge in [0.05, 0.1) is 37.6 Å². The Bertz CT molecular complexity index is 877. The fourth-order valence-electron chi connectivity index (χ4n) is 3.10. The van der Waals surface area contributed by atoms with Crippen LogP contribution in [-0.2, 0) is 9.47 Å². The van der Waals surface area contributed by atoms with Gasteiger partial charge in [-0.1, -0.05) is 12.1 Å². The summed E-state index contributed by atoms with van der Waals surface area (Å²) in [4.78, 5) is 28.2. The second kappa shape index (κ2) is 9.41. The number of hydrogen-bond donors (Lipinski definition) is 1. The SMILES string of the molecule is O=[N+]([O-])c1cccc(/C=N\Nc2nc(N3CCOCC3)nc(N3CCOCC3)n2)c1. The minimum absolute atomic E-state index is 0.00307. The highest BCUT2D eigenvalue weighted by Gasteiger charge is 2.20. The lowest BCUT2D eigenvalue weighted by molar-refractivity contribution is -0.384. The zero-order valence-corrected chi connectivity index (χ0v) is 16.3. The van der Waals surface area contributed by atoms with E-state index in [1.54, 1.807) is 12.1 Å². The van der Waals surface area contributed by atoms with Crippen LogP contribution >= 0.6 is 0 Å². The minimum atomic E-state index is -0.444. The van der Waals surface area contributed by atoms with Crippen molar-refractivity contribution in [1.82, 2.24) is 15.0 Å². The number of nitrogens with zero attached hydrogens (tertiary/aromatic N) is 7. The zero-order chi connectivity index (χ0) is 20.8. The smallest absolute Gasteiger partial charge is 0.270 e. The molecular weight excluding hydrogens is 392 g/mol. The molecule has 12 heteroatoms. The molecular formula is C18H22N8O4. The molecule has 1 N–H and O–H groups in total. The molecule has 0 unspecified atom stereocenters. The van der Waals surface area contributed by atoms with E-state index in [0.717, 1.165) is 0 Å². The van der Waals surface area contributed by atoms with E-state index in [1.165, 1.54) is 18.3 Å². The fraction of sp³-hybridized carbons (Fsp3) is 0.444. The fourth-order valence-corrected chi connectivity index (χ4v) is 3.10. The highest BCUT2D eigenvalue weighted by Crippen LogP contribution is 2.19.